The fourth-order valence-corrected chi connectivity index (χ4v) is 4.81. The second kappa shape index (κ2) is 9.62. The fraction of sp³-hybridized carbons (Fsp3) is 0.370. The van der Waals surface area contributed by atoms with Crippen LogP contribution in [0.15, 0.2) is 48.4 Å². The number of phenols is 1. The predicted octanol–water partition coefficient (Wildman–Crippen LogP) is 3.56. The number of nitrogens with zero attached hydrogens (tertiary/aromatic N) is 3. The molecule has 1 saturated heterocycles. The van der Waals surface area contributed by atoms with Gasteiger partial charge >= 0.3 is 0 Å². The van der Waals surface area contributed by atoms with Crippen LogP contribution >= 0.6 is 0 Å². The molecule has 0 amide bonds. The van der Waals surface area contributed by atoms with Gasteiger partial charge in [0.2, 0.25) is 5.78 Å². The number of aromatic amines is 1. The number of allylic oxidation sites excluding steroid dienone is 1. The first-order chi connectivity index (χ1) is 16.5. The van der Waals surface area contributed by atoms with Crippen molar-refractivity contribution in [2.75, 3.05) is 53.4 Å². The molecule has 0 bridgehead atoms. The Bertz CT molecular complexity index is 1220. The number of Topliss-reactive ketones (excluding diaryl/α,β-unsaturated/α-hetero) is 1. The molecule has 7 heteroatoms. The number of ether oxygens (including phenoxy) is 1. The highest BCUT2D eigenvalue weighted by atomic mass is 16.5. The number of carbonyl (C=O) groups is 1. The molecule has 5 rings (SSSR count). The normalized spacial score (nSPS) is 18.2. The quantitative estimate of drug-likeness (QED) is 0.526. The van der Waals surface area contributed by atoms with Crippen LogP contribution in [0.3, 0.4) is 0 Å². The second-order valence-corrected chi connectivity index (χ2v) is 9.44. The topological polar surface area (TPSA) is 72.0 Å². The van der Waals surface area contributed by atoms with Crippen LogP contribution in [0.2, 0.25) is 0 Å². The predicted molar refractivity (Wildman–Crippen MR) is 134 cm³/mol. The number of carbonyl (C=O) groups excluding carboxylic acids is 1. The summed E-state index contributed by atoms with van der Waals surface area (Å²) in [5.41, 5.74) is 3.12. The summed E-state index contributed by atoms with van der Waals surface area (Å²) < 4.78 is 6.09. The number of hydrogen-bond acceptors (Lipinski definition) is 6. The van der Waals surface area contributed by atoms with Crippen LogP contribution in [0.5, 0.6) is 11.5 Å². The summed E-state index contributed by atoms with van der Waals surface area (Å²) in [6.07, 6.45) is 4.84. The van der Waals surface area contributed by atoms with E-state index in [2.05, 4.69) is 33.8 Å². The smallest absolute Gasteiger partial charge is 0.231 e. The van der Waals surface area contributed by atoms with Crippen molar-refractivity contribution in [1.82, 2.24) is 19.7 Å². The summed E-state index contributed by atoms with van der Waals surface area (Å²) in [6, 6.07) is 11.2. The molecule has 34 heavy (non-hydrogen) atoms. The monoisotopic (exact) mass is 460 g/mol. The molecular weight excluding hydrogens is 428 g/mol. The van der Waals surface area contributed by atoms with Crippen molar-refractivity contribution >= 4 is 22.8 Å². The first kappa shape index (κ1) is 22.7. The minimum absolute atomic E-state index is 0.146. The first-order valence-electron chi connectivity index (χ1n) is 11.9. The molecule has 3 aromatic rings. The highest BCUT2D eigenvalue weighted by molar-refractivity contribution is 6.15. The van der Waals surface area contributed by atoms with Gasteiger partial charge in [-0.15, -0.1) is 0 Å². The van der Waals surface area contributed by atoms with E-state index in [0.29, 0.717) is 23.4 Å². The Morgan fingerprint density at radius 1 is 1.09 bits per heavy atom. The van der Waals surface area contributed by atoms with Crippen molar-refractivity contribution in [3.8, 4) is 11.5 Å². The molecule has 2 N–H and O–H groups in total. The molecule has 2 aliphatic heterocycles. The van der Waals surface area contributed by atoms with Crippen molar-refractivity contribution < 1.29 is 14.6 Å². The first-order valence-corrected chi connectivity index (χ1v) is 11.9. The molecule has 0 spiro atoms. The van der Waals surface area contributed by atoms with E-state index in [1.807, 2.05) is 30.5 Å². The van der Waals surface area contributed by atoms with Gasteiger partial charge in [0, 0.05) is 55.4 Å². The molecule has 2 aromatic carbocycles. The van der Waals surface area contributed by atoms with E-state index >= 15 is 0 Å². The zero-order valence-electron chi connectivity index (χ0n) is 19.9. The fourth-order valence-electron chi connectivity index (χ4n) is 4.81. The van der Waals surface area contributed by atoms with Gasteiger partial charge in [-0.1, -0.05) is 18.2 Å². The average molecular weight is 461 g/mol. The van der Waals surface area contributed by atoms with Gasteiger partial charge in [-0.05, 0) is 57.9 Å². The van der Waals surface area contributed by atoms with Gasteiger partial charge in [0.1, 0.15) is 11.5 Å². The number of H-pyrrole nitrogens is 1. The van der Waals surface area contributed by atoms with Crippen molar-refractivity contribution in [1.29, 1.82) is 0 Å². The van der Waals surface area contributed by atoms with Crippen LogP contribution < -0.4 is 4.74 Å². The molecule has 2 aliphatic rings. The third kappa shape index (κ3) is 4.59. The van der Waals surface area contributed by atoms with E-state index in [9.17, 15) is 9.90 Å². The number of fused-ring (bicyclic) bond motifs is 2. The number of para-hydroxylation sites is 1. The Morgan fingerprint density at radius 2 is 1.85 bits per heavy atom. The summed E-state index contributed by atoms with van der Waals surface area (Å²) in [6.45, 7) is 6.65. The number of rotatable bonds is 7. The number of aromatic hydroxyl groups is 1. The Hall–Kier alpha value is -3.13. The SMILES string of the molecule is CN(C)CCCN1CCN(Cc2c(O)ccc3c2OC(=Cc2c[nH]c4ccccc24)C3=O)CC1. The lowest BCUT2D eigenvalue weighted by Gasteiger charge is -2.35. The third-order valence-electron chi connectivity index (χ3n) is 6.75. The molecule has 0 atom stereocenters. The molecule has 0 unspecified atom stereocenters. The van der Waals surface area contributed by atoms with Crippen LogP contribution in [-0.4, -0.2) is 83.9 Å². The summed E-state index contributed by atoms with van der Waals surface area (Å²) in [5.74, 6) is 0.808. The molecule has 0 saturated carbocycles. The lowest BCUT2D eigenvalue weighted by Crippen LogP contribution is -2.46. The number of benzene rings is 2. The van der Waals surface area contributed by atoms with Crippen molar-refractivity contribution in [2.24, 2.45) is 0 Å². The highest BCUT2D eigenvalue weighted by Crippen LogP contribution is 2.40. The maximum Gasteiger partial charge on any atom is 0.231 e. The van der Waals surface area contributed by atoms with E-state index in [1.165, 1.54) is 6.42 Å². The standard InChI is InChI=1S/C27H32N4O3/c1-29(2)10-5-11-30-12-14-31(15-13-30)18-22-24(32)9-8-21-26(33)25(34-27(21)22)16-19-17-28-23-7-4-3-6-20(19)23/h3-4,6-9,16-17,28,32H,5,10-15,18H2,1-2H3. The van der Waals surface area contributed by atoms with E-state index in [1.54, 1.807) is 18.2 Å². The molecule has 0 aliphatic carbocycles. The Labute approximate surface area is 200 Å². The van der Waals surface area contributed by atoms with Gasteiger partial charge in [0.25, 0.3) is 0 Å². The van der Waals surface area contributed by atoms with Crippen LogP contribution in [0.25, 0.3) is 17.0 Å². The minimum atomic E-state index is -0.146. The Morgan fingerprint density at radius 3 is 2.65 bits per heavy atom. The molecule has 1 fully saturated rings. The molecular formula is C27H32N4O3. The van der Waals surface area contributed by atoms with E-state index < -0.39 is 0 Å². The maximum atomic E-state index is 13.1. The van der Waals surface area contributed by atoms with E-state index in [-0.39, 0.29) is 17.3 Å². The zero-order chi connectivity index (χ0) is 23.7. The van der Waals surface area contributed by atoms with Gasteiger partial charge in [0.15, 0.2) is 5.76 Å². The van der Waals surface area contributed by atoms with E-state index in [0.717, 1.165) is 55.7 Å². The zero-order valence-corrected chi connectivity index (χ0v) is 19.9. The van der Waals surface area contributed by atoms with Gasteiger partial charge in [-0.25, -0.2) is 0 Å². The number of nitrogens with one attached hydrogen (secondary N) is 1. The van der Waals surface area contributed by atoms with Crippen LogP contribution in [0.1, 0.15) is 27.9 Å². The van der Waals surface area contributed by atoms with E-state index in [4.69, 9.17) is 4.74 Å². The number of ketones is 1. The lowest BCUT2D eigenvalue weighted by atomic mass is 10.0. The Kier molecular flexibility index (Phi) is 6.41. The van der Waals surface area contributed by atoms with Gasteiger partial charge < -0.3 is 24.6 Å². The second-order valence-electron chi connectivity index (χ2n) is 9.44. The van der Waals surface area contributed by atoms with Crippen LogP contribution in [0.4, 0.5) is 0 Å². The summed E-state index contributed by atoms with van der Waals surface area (Å²) >= 11 is 0. The van der Waals surface area contributed by atoms with Gasteiger partial charge in [-0.3, -0.25) is 9.69 Å². The van der Waals surface area contributed by atoms with Crippen molar-refractivity contribution in [3.63, 3.8) is 0 Å². The third-order valence-corrected chi connectivity index (χ3v) is 6.75. The summed E-state index contributed by atoms with van der Waals surface area (Å²) in [7, 11) is 4.22. The Balaban J connectivity index is 1.30. The van der Waals surface area contributed by atoms with Crippen LogP contribution in [-0.2, 0) is 6.54 Å². The molecule has 178 valence electrons. The van der Waals surface area contributed by atoms with Gasteiger partial charge in [-0.2, -0.15) is 0 Å². The number of phenolic OH excluding ortho intramolecular Hbond substituents is 1. The van der Waals surface area contributed by atoms with Crippen molar-refractivity contribution in [3.05, 3.63) is 65.0 Å². The largest absolute Gasteiger partial charge is 0.507 e. The minimum Gasteiger partial charge on any atom is -0.507 e. The highest BCUT2D eigenvalue weighted by Gasteiger charge is 2.32. The molecule has 0 radical (unpaired) electrons. The van der Waals surface area contributed by atoms with Crippen LogP contribution in [0, 0.1) is 0 Å². The van der Waals surface area contributed by atoms with Gasteiger partial charge in [0.05, 0.1) is 11.1 Å². The summed E-state index contributed by atoms with van der Waals surface area (Å²) in [4.78, 5) is 23.4. The lowest BCUT2D eigenvalue weighted by molar-refractivity contribution is 0.101. The molecule has 7 nitrogen and oxygen atoms in total. The average Bonchev–Trinajstić information content (AvgIpc) is 3.38. The summed E-state index contributed by atoms with van der Waals surface area (Å²) in [5, 5.41) is 11.7. The number of piperazine rings is 1. The van der Waals surface area contributed by atoms with Crippen molar-refractivity contribution in [2.45, 2.75) is 13.0 Å². The molecule has 1 aromatic heterocycles. The number of aromatic nitrogens is 1. The molecule has 3 heterocycles. The maximum absolute atomic E-state index is 13.1. The number of hydrogen-bond donors (Lipinski definition) is 2.